The van der Waals surface area contributed by atoms with Crippen LogP contribution in [0.3, 0.4) is 0 Å². The van der Waals surface area contributed by atoms with E-state index in [9.17, 15) is 4.79 Å². The van der Waals surface area contributed by atoms with Gasteiger partial charge < -0.3 is 10.1 Å². The molecule has 1 rings (SSSR count). The average Bonchev–Trinajstić information content (AvgIpc) is 2.40. The minimum absolute atomic E-state index is 0. The number of hydrogen-bond donors (Lipinski definition) is 1. The van der Waals surface area contributed by atoms with Gasteiger partial charge in [0, 0.05) is 6.04 Å². The van der Waals surface area contributed by atoms with E-state index in [0.29, 0.717) is 12.5 Å². The molecular weight excluding hydrogens is 166 g/mol. The minimum Gasteiger partial charge on any atom is -0.469 e. The number of carbonyl (C=O) groups excluding carboxylic acids is 1. The maximum atomic E-state index is 10.7. The van der Waals surface area contributed by atoms with Crippen molar-refractivity contribution in [2.75, 3.05) is 13.7 Å². The molecular formula is C7H14ClNO2. The summed E-state index contributed by atoms with van der Waals surface area (Å²) in [6.45, 7) is 1.04. The zero-order valence-corrected chi connectivity index (χ0v) is 7.45. The zero-order chi connectivity index (χ0) is 7.40. The predicted octanol–water partition coefficient (Wildman–Crippen LogP) is 0.723. The lowest BCUT2D eigenvalue weighted by Crippen LogP contribution is -2.24. The molecule has 1 aliphatic rings. The van der Waals surface area contributed by atoms with Crippen LogP contribution in [0.1, 0.15) is 19.3 Å². The molecule has 1 heterocycles. The van der Waals surface area contributed by atoms with Crippen molar-refractivity contribution in [1.29, 1.82) is 0 Å². The largest absolute Gasteiger partial charge is 0.469 e. The first-order valence-corrected chi connectivity index (χ1v) is 3.63. The van der Waals surface area contributed by atoms with Gasteiger partial charge in [-0.3, -0.25) is 4.79 Å². The summed E-state index contributed by atoms with van der Waals surface area (Å²) in [5.41, 5.74) is 0. The van der Waals surface area contributed by atoms with Gasteiger partial charge in [-0.25, -0.2) is 0 Å². The van der Waals surface area contributed by atoms with E-state index < -0.39 is 0 Å². The maximum Gasteiger partial charge on any atom is 0.307 e. The molecule has 66 valence electrons. The highest BCUT2D eigenvalue weighted by Crippen LogP contribution is 2.08. The first-order valence-electron chi connectivity index (χ1n) is 3.63. The Hall–Kier alpha value is -0.280. The molecule has 0 aromatic carbocycles. The SMILES string of the molecule is COC(=O)CC1CCCN1.Cl. The number of hydrogen-bond acceptors (Lipinski definition) is 3. The third-order valence-electron chi connectivity index (χ3n) is 1.80. The summed E-state index contributed by atoms with van der Waals surface area (Å²) in [4.78, 5) is 10.7. The van der Waals surface area contributed by atoms with Crippen molar-refractivity contribution in [3.8, 4) is 0 Å². The molecule has 1 unspecified atom stereocenters. The normalized spacial score (nSPS) is 22.5. The van der Waals surface area contributed by atoms with Crippen LogP contribution in [0.25, 0.3) is 0 Å². The monoisotopic (exact) mass is 179 g/mol. The van der Waals surface area contributed by atoms with Crippen molar-refractivity contribution >= 4 is 18.4 Å². The third kappa shape index (κ3) is 3.58. The Kier molecular flexibility index (Phi) is 5.24. The number of methoxy groups -OCH3 is 1. The molecule has 0 saturated carbocycles. The Morgan fingerprint density at radius 2 is 2.45 bits per heavy atom. The molecule has 0 radical (unpaired) electrons. The van der Waals surface area contributed by atoms with Crippen LogP contribution < -0.4 is 5.32 Å². The van der Waals surface area contributed by atoms with Crippen molar-refractivity contribution < 1.29 is 9.53 Å². The Balaban J connectivity index is 0.000001000. The van der Waals surface area contributed by atoms with E-state index in [2.05, 4.69) is 10.1 Å². The number of halogens is 1. The van der Waals surface area contributed by atoms with Crippen LogP contribution in [-0.4, -0.2) is 25.7 Å². The Bertz CT molecular complexity index is 124. The molecule has 0 spiro atoms. The lowest BCUT2D eigenvalue weighted by atomic mass is 10.2. The van der Waals surface area contributed by atoms with E-state index >= 15 is 0 Å². The summed E-state index contributed by atoms with van der Waals surface area (Å²) in [5.74, 6) is -0.112. The number of carbonyl (C=O) groups is 1. The van der Waals surface area contributed by atoms with Gasteiger partial charge in [-0.2, -0.15) is 0 Å². The van der Waals surface area contributed by atoms with Crippen LogP contribution in [0.5, 0.6) is 0 Å². The van der Waals surface area contributed by atoms with Gasteiger partial charge in [0.25, 0.3) is 0 Å². The molecule has 0 aliphatic carbocycles. The standard InChI is InChI=1S/C7H13NO2.ClH/c1-10-7(9)5-6-3-2-4-8-6;/h6,8H,2-5H2,1H3;1H. The van der Waals surface area contributed by atoms with E-state index in [-0.39, 0.29) is 18.4 Å². The van der Waals surface area contributed by atoms with Gasteiger partial charge in [-0.05, 0) is 19.4 Å². The Morgan fingerprint density at radius 3 is 2.91 bits per heavy atom. The van der Waals surface area contributed by atoms with Crippen LogP contribution in [0.15, 0.2) is 0 Å². The Labute approximate surface area is 72.9 Å². The summed E-state index contributed by atoms with van der Waals surface area (Å²) < 4.78 is 4.53. The van der Waals surface area contributed by atoms with E-state index in [1.165, 1.54) is 13.5 Å². The van der Waals surface area contributed by atoms with E-state index in [1.807, 2.05) is 0 Å². The van der Waals surface area contributed by atoms with Crippen LogP contribution in [0.4, 0.5) is 0 Å². The number of ether oxygens (including phenoxy) is 1. The highest BCUT2D eigenvalue weighted by Gasteiger charge is 2.17. The van der Waals surface area contributed by atoms with Crippen LogP contribution in [0, 0.1) is 0 Å². The molecule has 4 heteroatoms. The van der Waals surface area contributed by atoms with Crippen LogP contribution in [0.2, 0.25) is 0 Å². The van der Waals surface area contributed by atoms with Gasteiger partial charge >= 0.3 is 5.97 Å². The van der Waals surface area contributed by atoms with Crippen LogP contribution >= 0.6 is 12.4 Å². The highest BCUT2D eigenvalue weighted by atomic mass is 35.5. The topological polar surface area (TPSA) is 38.3 Å². The van der Waals surface area contributed by atoms with E-state index in [4.69, 9.17) is 0 Å². The summed E-state index contributed by atoms with van der Waals surface area (Å²) in [6.07, 6.45) is 2.81. The van der Waals surface area contributed by atoms with Crippen LogP contribution in [-0.2, 0) is 9.53 Å². The molecule has 1 N–H and O–H groups in total. The molecule has 1 aliphatic heterocycles. The summed E-state index contributed by atoms with van der Waals surface area (Å²) in [6, 6.07) is 0.368. The lowest BCUT2D eigenvalue weighted by molar-refractivity contribution is -0.141. The fraction of sp³-hybridized carbons (Fsp3) is 0.857. The van der Waals surface area contributed by atoms with Crippen molar-refractivity contribution in [2.24, 2.45) is 0 Å². The molecule has 1 atom stereocenters. The fourth-order valence-corrected chi connectivity index (χ4v) is 1.22. The fourth-order valence-electron chi connectivity index (χ4n) is 1.22. The average molecular weight is 180 g/mol. The van der Waals surface area contributed by atoms with Crippen molar-refractivity contribution in [3.63, 3.8) is 0 Å². The van der Waals surface area contributed by atoms with E-state index in [1.54, 1.807) is 0 Å². The zero-order valence-electron chi connectivity index (χ0n) is 6.63. The van der Waals surface area contributed by atoms with Gasteiger partial charge in [0.15, 0.2) is 0 Å². The van der Waals surface area contributed by atoms with Gasteiger partial charge in [0.05, 0.1) is 13.5 Å². The summed E-state index contributed by atoms with van der Waals surface area (Å²) >= 11 is 0. The molecule has 0 aromatic heterocycles. The predicted molar refractivity (Wildman–Crippen MR) is 44.9 cm³/mol. The van der Waals surface area contributed by atoms with E-state index in [0.717, 1.165) is 13.0 Å². The molecule has 11 heavy (non-hydrogen) atoms. The van der Waals surface area contributed by atoms with Crippen molar-refractivity contribution in [3.05, 3.63) is 0 Å². The second kappa shape index (κ2) is 5.38. The van der Waals surface area contributed by atoms with Gasteiger partial charge in [0.1, 0.15) is 0 Å². The highest BCUT2D eigenvalue weighted by molar-refractivity contribution is 5.85. The summed E-state index contributed by atoms with van der Waals surface area (Å²) in [7, 11) is 1.43. The van der Waals surface area contributed by atoms with Crippen molar-refractivity contribution in [2.45, 2.75) is 25.3 Å². The second-order valence-electron chi connectivity index (χ2n) is 2.57. The minimum atomic E-state index is -0.112. The molecule has 1 saturated heterocycles. The molecule has 1 fully saturated rings. The summed E-state index contributed by atoms with van der Waals surface area (Å²) in [5, 5.41) is 3.22. The second-order valence-corrected chi connectivity index (χ2v) is 2.57. The molecule has 0 aromatic rings. The third-order valence-corrected chi connectivity index (χ3v) is 1.80. The lowest BCUT2D eigenvalue weighted by Gasteiger charge is -2.06. The quantitative estimate of drug-likeness (QED) is 0.635. The molecule has 3 nitrogen and oxygen atoms in total. The van der Waals surface area contributed by atoms with Gasteiger partial charge in [-0.15, -0.1) is 12.4 Å². The first-order chi connectivity index (χ1) is 4.83. The number of nitrogens with one attached hydrogen (secondary N) is 1. The molecule has 0 bridgehead atoms. The Morgan fingerprint density at radius 1 is 1.73 bits per heavy atom. The molecule has 0 amide bonds. The number of esters is 1. The first kappa shape index (κ1) is 10.7. The van der Waals surface area contributed by atoms with Crippen molar-refractivity contribution in [1.82, 2.24) is 5.32 Å². The smallest absolute Gasteiger partial charge is 0.307 e. The van der Waals surface area contributed by atoms with Gasteiger partial charge in [0.2, 0.25) is 0 Å². The van der Waals surface area contributed by atoms with Gasteiger partial charge in [-0.1, -0.05) is 0 Å². The maximum absolute atomic E-state index is 10.7. The number of rotatable bonds is 2.